The van der Waals surface area contributed by atoms with Gasteiger partial charge in [0, 0.05) is 0 Å². The van der Waals surface area contributed by atoms with Crippen LogP contribution in [0.25, 0.3) is 11.0 Å². The molecule has 0 bridgehead atoms. The van der Waals surface area contributed by atoms with Crippen molar-refractivity contribution in [3.63, 3.8) is 0 Å². The molecule has 156 valence electrons. The fourth-order valence-corrected chi connectivity index (χ4v) is 4.04. The van der Waals surface area contributed by atoms with Gasteiger partial charge in [-0.2, -0.15) is 5.10 Å². The average molecular weight is 432 g/mol. The summed E-state index contributed by atoms with van der Waals surface area (Å²) in [6.45, 7) is 0.725. The molecule has 6 nitrogen and oxygen atoms in total. The first-order valence-electron chi connectivity index (χ1n) is 9.86. The lowest BCUT2D eigenvalue weighted by Crippen LogP contribution is -2.36. The van der Waals surface area contributed by atoms with E-state index in [-0.39, 0.29) is 11.7 Å². The maximum absolute atomic E-state index is 12.3. The molecule has 0 aliphatic carbocycles. The summed E-state index contributed by atoms with van der Waals surface area (Å²) in [6.07, 6.45) is 1.60. The van der Waals surface area contributed by atoms with Crippen molar-refractivity contribution in [3.05, 3.63) is 90.0 Å². The summed E-state index contributed by atoms with van der Waals surface area (Å²) in [5, 5.41) is 4.98. The van der Waals surface area contributed by atoms with Crippen molar-refractivity contribution in [3.8, 4) is 5.75 Å². The number of para-hydroxylation sites is 2. The van der Waals surface area contributed by atoms with Gasteiger partial charge < -0.3 is 4.74 Å². The number of aromatic nitrogens is 2. The number of nitrogens with one attached hydrogen (secondary N) is 2. The minimum atomic E-state index is -0.172. The maximum atomic E-state index is 12.3. The van der Waals surface area contributed by atoms with Gasteiger partial charge in [0.05, 0.1) is 19.1 Å². The third-order valence-corrected chi connectivity index (χ3v) is 5.70. The van der Waals surface area contributed by atoms with Crippen molar-refractivity contribution in [1.29, 1.82) is 0 Å². The van der Waals surface area contributed by atoms with E-state index in [9.17, 15) is 4.79 Å². The molecular formula is C24H23N4O2S+. The van der Waals surface area contributed by atoms with Crippen molar-refractivity contribution < 1.29 is 14.1 Å². The van der Waals surface area contributed by atoms with Crippen LogP contribution in [0.4, 0.5) is 0 Å². The number of nitrogens with zero attached hydrogens (tertiary/aromatic N) is 2. The Morgan fingerprint density at radius 2 is 1.90 bits per heavy atom. The summed E-state index contributed by atoms with van der Waals surface area (Å²) in [7, 11) is 1.61. The number of hydrogen-bond acceptors (Lipinski definition) is 4. The van der Waals surface area contributed by atoms with E-state index < -0.39 is 0 Å². The van der Waals surface area contributed by atoms with Gasteiger partial charge in [-0.3, -0.25) is 4.79 Å². The van der Waals surface area contributed by atoms with Crippen LogP contribution in [0, 0.1) is 0 Å². The number of hydrazone groups is 1. The van der Waals surface area contributed by atoms with Crippen LogP contribution in [0.1, 0.15) is 11.1 Å². The average Bonchev–Trinajstić information content (AvgIpc) is 3.16. The number of methoxy groups -OCH3 is 1. The smallest absolute Gasteiger partial charge is 0.317 e. The Balaban J connectivity index is 1.43. The Morgan fingerprint density at radius 1 is 1.10 bits per heavy atom. The van der Waals surface area contributed by atoms with E-state index in [0.717, 1.165) is 34.0 Å². The van der Waals surface area contributed by atoms with Crippen molar-refractivity contribution in [2.24, 2.45) is 5.10 Å². The van der Waals surface area contributed by atoms with Gasteiger partial charge in [-0.05, 0) is 47.2 Å². The zero-order valence-electron chi connectivity index (χ0n) is 17.1. The Bertz CT molecular complexity index is 1200. The zero-order chi connectivity index (χ0) is 21.5. The second-order valence-corrected chi connectivity index (χ2v) is 7.84. The van der Waals surface area contributed by atoms with Gasteiger partial charge in [0.25, 0.3) is 5.91 Å². The molecule has 2 N–H and O–H groups in total. The Labute approximate surface area is 185 Å². The van der Waals surface area contributed by atoms with E-state index in [1.165, 1.54) is 17.3 Å². The Morgan fingerprint density at radius 3 is 2.74 bits per heavy atom. The number of H-pyrrole nitrogens is 1. The molecule has 1 aromatic heterocycles. The summed E-state index contributed by atoms with van der Waals surface area (Å²) in [5.41, 5.74) is 6.78. The van der Waals surface area contributed by atoms with Gasteiger partial charge in [-0.25, -0.2) is 15.0 Å². The van der Waals surface area contributed by atoms with Gasteiger partial charge in [0.1, 0.15) is 12.3 Å². The fourth-order valence-electron chi connectivity index (χ4n) is 3.21. The highest BCUT2D eigenvalue weighted by Crippen LogP contribution is 2.18. The first-order valence-corrected chi connectivity index (χ1v) is 10.8. The van der Waals surface area contributed by atoms with Gasteiger partial charge in [-0.15, -0.1) is 0 Å². The lowest BCUT2D eigenvalue weighted by molar-refractivity contribution is -0.700. The predicted octanol–water partition coefficient (Wildman–Crippen LogP) is 3.75. The molecule has 4 rings (SSSR count). The maximum Gasteiger partial charge on any atom is 0.317 e. The number of thioether (sulfide) groups is 1. The number of aromatic amines is 1. The summed E-state index contributed by atoms with van der Waals surface area (Å²) >= 11 is 1.45. The summed E-state index contributed by atoms with van der Waals surface area (Å²) in [6, 6.07) is 25.9. The van der Waals surface area contributed by atoms with E-state index in [1.807, 2.05) is 60.7 Å². The van der Waals surface area contributed by atoms with Crippen molar-refractivity contribution in [1.82, 2.24) is 10.4 Å². The number of amides is 1. The van der Waals surface area contributed by atoms with Crippen molar-refractivity contribution >= 4 is 34.9 Å². The molecule has 0 radical (unpaired) electrons. The van der Waals surface area contributed by atoms with Crippen LogP contribution >= 0.6 is 11.8 Å². The monoisotopic (exact) mass is 431 g/mol. The standard InChI is InChI=1S/C24H22N4O2S/c1-30-20-11-7-10-19(14-20)15-25-27-23(29)17-31-24-26-21-12-5-6-13-22(21)28(24)16-18-8-3-2-4-9-18/h2-15H,16-17H2,1H3,(H,27,29)/p+1. The molecule has 1 heterocycles. The molecule has 0 atom stereocenters. The van der Waals surface area contributed by atoms with E-state index in [4.69, 9.17) is 4.74 Å². The number of carbonyl (C=O) groups is 1. The molecule has 0 spiro atoms. The third kappa shape index (κ3) is 5.32. The normalized spacial score (nSPS) is 11.1. The number of carbonyl (C=O) groups excluding carboxylic acids is 1. The molecule has 0 aliphatic rings. The molecule has 0 fully saturated rings. The highest BCUT2D eigenvalue weighted by atomic mass is 32.2. The van der Waals surface area contributed by atoms with Gasteiger partial charge in [0.2, 0.25) is 0 Å². The van der Waals surface area contributed by atoms with Crippen LogP contribution in [0.15, 0.2) is 89.1 Å². The van der Waals surface area contributed by atoms with Gasteiger partial charge in [0.15, 0.2) is 11.0 Å². The van der Waals surface area contributed by atoms with Crippen molar-refractivity contribution in [2.75, 3.05) is 12.9 Å². The van der Waals surface area contributed by atoms with Crippen LogP contribution in [-0.4, -0.2) is 30.0 Å². The van der Waals surface area contributed by atoms with Crippen LogP contribution in [0.3, 0.4) is 0 Å². The first kappa shape index (κ1) is 20.7. The molecule has 0 saturated heterocycles. The number of hydrogen-bond donors (Lipinski definition) is 2. The first-order chi connectivity index (χ1) is 15.2. The number of rotatable bonds is 8. The van der Waals surface area contributed by atoms with Gasteiger partial charge >= 0.3 is 5.16 Å². The second kappa shape index (κ2) is 9.95. The number of fused-ring (bicyclic) bond motifs is 1. The van der Waals surface area contributed by atoms with Crippen LogP contribution in [-0.2, 0) is 11.3 Å². The molecule has 0 unspecified atom stereocenters. The topological polar surface area (TPSA) is 70.4 Å². The predicted molar refractivity (Wildman–Crippen MR) is 123 cm³/mol. The fraction of sp³-hybridized carbons (Fsp3) is 0.125. The lowest BCUT2D eigenvalue weighted by Gasteiger charge is -2.03. The third-order valence-electron chi connectivity index (χ3n) is 4.70. The highest BCUT2D eigenvalue weighted by Gasteiger charge is 2.20. The molecule has 31 heavy (non-hydrogen) atoms. The minimum Gasteiger partial charge on any atom is -0.497 e. The molecule has 4 aromatic rings. The molecule has 3 aromatic carbocycles. The molecule has 7 heteroatoms. The highest BCUT2D eigenvalue weighted by molar-refractivity contribution is 7.99. The number of ether oxygens (including phenoxy) is 1. The van der Waals surface area contributed by atoms with Gasteiger partial charge in [-0.1, -0.05) is 54.6 Å². The number of imidazole rings is 1. The summed E-state index contributed by atoms with van der Waals surface area (Å²) in [5.74, 6) is 0.818. The SMILES string of the molecule is COc1cccc(C=NNC(=O)CSc2[nH]c3ccccc3[n+]2Cc2ccccc2)c1. The van der Waals surface area contributed by atoms with E-state index in [2.05, 4.69) is 38.3 Å². The van der Waals surface area contributed by atoms with Crippen molar-refractivity contribution in [2.45, 2.75) is 11.7 Å². The summed E-state index contributed by atoms with van der Waals surface area (Å²) < 4.78 is 7.39. The molecule has 1 amide bonds. The molecule has 0 aliphatic heterocycles. The quantitative estimate of drug-likeness (QED) is 0.193. The van der Waals surface area contributed by atoms with Crippen LogP contribution in [0.2, 0.25) is 0 Å². The van der Waals surface area contributed by atoms with E-state index >= 15 is 0 Å². The largest absolute Gasteiger partial charge is 0.497 e. The van der Waals surface area contributed by atoms with E-state index in [1.54, 1.807) is 13.3 Å². The molecular weight excluding hydrogens is 408 g/mol. The minimum absolute atomic E-state index is 0.172. The Kier molecular flexibility index (Phi) is 6.64. The van der Waals surface area contributed by atoms with Crippen LogP contribution < -0.4 is 14.7 Å². The zero-order valence-corrected chi connectivity index (χ0v) is 17.9. The number of benzene rings is 3. The Hall–Kier alpha value is -3.58. The molecule has 0 saturated carbocycles. The lowest BCUT2D eigenvalue weighted by atomic mass is 10.2. The summed E-state index contributed by atoms with van der Waals surface area (Å²) in [4.78, 5) is 15.7. The van der Waals surface area contributed by atoms with Crippen LogP contribution in [0.5, 0.6) is 5.75 Å². The van der Waals surface area contributed by atoms with E-state index in [0.29, 0.717) is 0 Å². The second-order valence-electron chi connectivity index (χ2n) is 6.88.